The fourth-order valence-corrected chi connectivity index (χ4v) is 2.20. The standard InChI is InChI=1S/C12H13F3N2OS/c1-7(11(18)17-9-3-4-9)19-10-5-2-8(6-16-10)12(13,14)15/h2,5-7,9H,3-4H2,1H3,(H,17,18)/t7-/m0/s1. The lowest BCUT2D eigenvalue weighted by Crippen LogP contribution is -2.32. The van der Waals surface area contributed by atoms with Crippen LogP contribution >= 0.6 is 11.8 Å². The molecule has 1 heterocycles. The van der Waals surface area contributed by atoms with Crippen molar-refractivity contribution in [3.8, 4) is 0 Å². The van der Waals surface area contributed by atoms with Gasteiger partial charge in [-0.25, -0.2) is 4.98 Å². The number of pyridine rings is 1. The zero-order valence-electron chi connectivity index (χ0n) is 10.2. The van der Waals surface area contributed by atoms with Gasteiger partial charge < -0.3 is 5.32 Å². The number of amides is 1. The highest BCUT2D eigenvalue weighted by atomic mass is 32.2. The van der Waals surface area contributed by atoms with Gasteiger partial charge in [0.25, 0.3) is 0 Å². The van der Waals surface area contributed by atoms with Crippen molar-refractivity contribution in [2.45, 2.75) is 42.3 Å². The highest BCUT2D eigenvalue weighted by molar-refractivity contribution is 8.00. The van der Waals surface area contributed by atoms with Crippen molar-refractivity contribution < 1.29 is 18.0 Å². The molecule has 1 saturated carbocycles. The molecule has 2 rings (SSSR count). The second-order valence-electron chi connectivity index (χ2n) is 4.43. The number of hydrogen-bond acceptors (Lipinski definition) is 3. The molecule has 1 aliphatic rings. The molecule has 3 nitrogen and oxygen atoms in total. The second kappa shape index (κ2) is 5.40. The predicted octanol–water partition coefficient (Wildman–Crippen LogP) is 2.86. The Balaban J connectivity index is 1.93. The van der Waals surface area contributed by atoms with Crippen LogP contribution in [0.4, 0.5) is 13.2 Å². The summed E-state index contributed by atoms with van der Waals surface area (Å²) in [5, 5.41) is 2.88. The van der Waals surface area contributed by atoms with E-state index in [4.69, 9.17) is 0 Å². The normalized spacial score (nSPS) is 17.1. The van der Waals surface area contributed by atoms with Crippen molar-refractivity contribution in [1.82, 2.24) is 10.3 Å². The maximum absolute atomic E-state index is 12.3. The van der Waals surface area contributed by atoms with E-state index in [0.29, 0.717) is 5.03 Å². The number of thioether (sulfide) groups is 1. The molecule has 1 atom stereocenters. The minimum atomic E-state index is -4.38. The molecule has 104 valence electrons. The maximum atomic E-state index is 12.3. The van der Waals surface area contributed by atoms with Crippen molar-refractivity contribution in [2.75, 3.05) is 0 Å². The van der Waals surface area contributed by atoms with E-state index in [2.05, 4.69) is 10.3 Å². The Morgan fingerprint density at radius 3 is 2.63 bits per heavy atom. The third kappa shape index (κ3) is 4.12. The summed E-state index contributed by atoms with van der Waals surface area (Å²) in [6.07, 6.45) is -1.59. The van der Waals surface area contributed by atoms with Gasteiger partial charge in [0.15, 0.2) is 0 Å². The largest absolute Gasteiger partial charge is 0.417 e. The quantitative estimate of drug-likeness (QED) is 0.867. The topological polar surface area (TPSA) is 42.0 Å². The van der Waals surface area contributed by atoms with E-state index in [-0.39, 0.29) is 17.2 Å². The number of hydrogen-bond donors (Lipinski definition) is 1. The lowest BCUT2D eigenvalue weighted by Gasteiger charge is -2.11. The van der Waals surface area contributed by atoms with Gasteiger partial charge in [-0.3, -0.25) is 4.79 Å². The lowest BCUT2D eigenvalue weighted by atomic mass is 10.3. The van der Waals surface area contributed by atoms with E-state index < -0.39 is 11.7 Å². The van der Waals surface area contributed by atoms with Crippen molar-refractivity contribution in [3.63, 3.8) is 0 Å². The van der Waals surface area contributed by atoms with Gasteiger partial charge in [-0.05, 0) is 31.9 Å². The molecule has 0 aliphatic heterocycles. The summed E-state index contributed by atoms with van der Waals surface area (Å²) >= 11 is 1.15. The first kappa shape index (κ1) is 14.2. The van der Waals surface area contributed by atoms with Crippen LogP contribution in [0.25, 0.3) is 0 Å². The first-order chi connectivity index (χ1) is 8.86. The fraction of sp³-hybridized carbons (Fsp3) is 0.500. The molecule has 1 N–H and O–H groups in total. The third-order valence-electron chi connectivity index (χ3n) is 2.65. The third-order valence-corrected chi connectivity index (χ3v) is 3.70. The predicted molar refractivity (Wildman–Crippen MR) is 65.7 cm³/mol. The lowest BCUT2D eigenvalue weighted by molar-refractivity contribution is -0.137. The average molecular weight is 290 g/mol. The number of nitrogens with one attached hydrogen (secondary N) is 1. The molecule has 0 unspecified atom stereocenters. The smallest absolute Gasteiger partial charge is 0.352 e. The Morgan fingerprint density at radius 1 is 1.47 bits per heavy atom. The van der Waals surface area contributed by atoms with E-state index in [1.165, 1.54) is 6.07 Å². The molecule has 1 aromatic rings. The highest BCUT2D eigenvalue weighted by Gasteiger charge is 2.31. The molecule has 0 radical (unpaired) electrons. The molecule has 19 heavy (non-hydrogen) atoms. The van der Waals surface area contributed by atoms with Gasteiger partial charge in [0.05, 0.1) is 15.8 Å². The molecule has 1 aromatic heterocycles. The van der Waals surface area contributed by atoms with Gasteiger partial charge in [0.2, 0.25) is 5.91 Å². The van der Waals surface area contributed by atoms with Crippen molar-refractivity contribution in [1.29, 1.82) is 0 Å². The number of nitrogens with zero attached hydrogens (tertiary/aromatic N) is 1. The van der Waals surface area contributed by atoms with Gasteiger partial charge in [0.1, 0.15) is 0 Å². The van der Waals surface area contributed by atoms with Crippen LogP contribution in [0.3, 0.4) is 0 Å². The molecule has 7 heteroatoms. The van der Waals surface area contributed by atoms with Gasteiger partial charge in [-0.1, -0.05) is 11.8 Å². The summed E-state index contributed by atoms with van der Waals surface area (Å²) in [6, 6.07) is 2.53. The van der Waals surface area contributed by atoms with E-state index >= 15 is 0 Å². The number of halogens is 3. The Morgan fingerprint density at radius 2 is 2.16 bits per heavy atom. The van der Waals surface area contributed by atoms with Crippen molar-refractivity contribution in [2.24, 2.45) is 0 Å². The van der Waals surface area contributed by atoms with Gasteiger partial charge in [0, 0.05) is 12.2 Å². The van der Waals surface area contributed by atoms with Crippen LogP contribution in [0.15, 0.2) is 23.4 Å². The van der Waals surface area contributed by atoms with Crippen LogP contribution in [0.2, 0.25) is 0 Å². The number of rotatable bonds is 4. The number of carbonyl (C=O) groups is 1. The van der Waals surface area contributed by atoms with Crippen LogP contribution in [0.1, 0.15) is 25.3 Å². The van der Waals surface area contributed by atoms with Crippen molar-refractivity contribution >= 4 is 17.7 Å². The van der Waals surface area contributed by atoms with Crippen LogP contribution in [0.5, 0.6) is 0 Å². The van der Waals surface area contributed by atoms with Crippen molar-refractivity contribution in [3.05, 3.63) is 23.9 Å². The van der Waals surface area contributed by atoms with E-state index in [1.807, 2.05) is 0 Å². The zero-order valence-corrected chi connectivity index (χ0v) is 11.0. The molecule has 1 amide bonds. The van der Waals surface area contributed by atoms with Crippen LogP contribution in [-0.4, -0.2) is 22.2 Å². The highest BCUT2D eigenvalue weighted by Crippen LogP contribution is 2.30. The summed E-state index contributed by atoms with van der Waals surface area (Å²) in [5.41, 5.74) is -0.785. The number of carbonyl (C=O) groups excluding carboxylic acids is 1. The van der Waals surface area contributed by atoms with Crippen LogP contribution in [-0.2, 0) is 11.0 Å². The van der Waals surface area contributed by atoms with Crippen LogP contribution < -0.4 is 5.32 Å². The Hall–Kier alpha value is -1.24. The van der Waals surface area contributed by atoms with Gasteiger partial charge in [-0.15, -0.1) is 0 Å². The summed E-state index contributed by atoms with van der Waals surface area (Å²) in [4.78, 5) is 15.4. The van der Waals surface area contributed by atoms with E-state index in [9.17, 15) is 18.0 Å². The Bertz CT molecular complexity index is 457. The minimum Gasteiger partial charge on any atom is -0.352 e. The molecular weight excluding hydrogens is 277 g/mol. The Labute approximate surface area is 113 Å². The number of alkyl halides is 3. The molecule has 0 bridgehead atoms. The summed E-state index contributed by atoms with van der Waals surface area (Å²) < 4.78 is 37.0. The summed E-state index contributed by atoms with van der Waals surface area (Å²) in [6.45, 7) is 1.71. The monoisotopic (exact) mass is 290 g/mol. The Kier molecular flexibility index (Phi) is 4.03. The molecule has 0 spiro atoms. The fourth-order valence-electron chi connectivity index (χ4n) is 1.40. The molecule has 1 fully saturated rings. The van der Waals surface area contributed by atoms with Gasteiger partial charge >= 0.3 is 6.18 Å². The zero-order chi connectivity index (χ0) is 14.0. The molecular formula is C12H13F3N2OS. The summed E-state index contributed by atoms with van der Waals surface area (Å²) in [7, 11) is 0. The maximum Gasteiger partial charge on any atom is 0.417 e. The van der Waals surface area contributed by atoms with Crippen LogP contribution in [0, 0.1) is 0 Å². The molecule has 0 saturated heterocycles. The molecule has 1 aliphatic carbocycles. The second-order valence-corrected chi connectivity index (χ2v) is 5.79. The minimum absolute atomic E-state index is 0.103. The first-order valence-corrected chi connectivity index (χ1v) is 6.74. The van der Waals surface area contributed by atoms with E-state index in [0.717, 1.165) is 36.9 Å². The SMILES string of the molecule is C[C@H](Sc1ccc(C(F)(F)F)cn1)C(=O)NC1CC1. The van der Waals surface area contributed by atoms with Gasteiger partial charge in [-0.2, -0.15) is 13.2 Å². The number of aromatic nitrogens is 1. The first-order valence-electron chi connectivity index (χ1n) is 5.86. The molecule has 0 aromatic carbocycles. The average Bonchev–Trinajstić information content (AvgIpc) is 3.12. The van der Waals surface area contributed by atoms with E-state index in [1.54, 1.807) is 6.92 Å². The summed E-state index contributed by atoms with van der Waals surface area (Å²) in [5.74, 6) is -0.103.